The average Bonchev–Trinajstić information content (AvgIpc) is 1.62. The molecule has 0 atom stereocenters. The minimum Gasteiger partial charge on any atom is -0.379 e. The Bertz CT molecular complexity index is 6670. The smallest absolute Gasteiger partial charge is 0.286 e. The molecule has 0 unspecified atom stereocenters. The van der Waals surface area contributed by atoms with Gasteiger partial charge in [0.1, 0.15) is 0 Å². The van der Waals surface area contributed by atoms with Crippen LogP contribution in [-0.4, -0.2) is 195 Å². The molecule has 0 aliphatic carbocycles. The van der Waals surface area contributed by atoms with Crippen LogP contribution < -0.4 is 21.7 Å². The van der Waals surface area contributed by atoms with Gasteiger partial charge in [0.15, 0.2) is 32.6 Å². The topological polar surface area (TPSA) is 271 Å². The normalized spacial score (nSPS) is 14.2. The van der Waals surface area contributed by atoms with Crippen LogP contribution in [0.2, 0.25) is 40.2 Å². The first-order valence-corrected chi connectivity index (χ1v) is 49.7. The Kier molecular flexibility index (Phi) is 36.8. The Morgan fingerprint density at radius 2 is 0.676 bits per heavy atom. The van der Waals surface area contributed by atoms with E-state index in [1.54, 1.807) is 96.9 Å². The monoisotopic (exact) mass is 2220 g/mol. The maximum absolute atomic E-state index is 13.4. The summed E-state index contributed by atoms with van der Waals surface area (Å²) in [7, 11) is -3.09. The van der Waals surface area contributed by atoms with Gasteiger partial charge in [0, 0.05) is 113 Å². The third kappa shape index (κ3) is 26.1. The fourth-order valence-electron chi connectivity index (χ4n) is 14.9. The zero-order valence-electron chi connectivity index (χ0n) is 73.0. The lowest BCUT2D eigenvalue weighted by Gasteiger charge is -2.26. The molecule has 12 aromatic rings. The lowest BCUT2D eigenvalue weighted by atomic mass is 10.0. The molecule has 4 fully saturated rings. The second kappa shape index (κ2) is 48.9. The van der Waals surface area contributed by atoms with E-state index in [-0.39, 0.29) is 59.0 Å². The van der Waals surface area contributed by atoms with Crippen molar-refractivity contribution in [3.8, 4) is 91.5 Å². The molecular weight excluding hydrogens is 2140 g/mol. The zero-order valence-corrected chi connectivity index (χ0v) is 84.2. The average molecular weight is 2230 g/mol. The number of carbonyl (C=O) groups is 4. The molecule has 136 heavy (non-hydrogen) atoms. The number of nitrogens with zero attached hydrogens (tertiary/aromatic N) is 16. The van der Waals surface area contributed by atoms with Gasteiger partial charge >= 0.3 is 0 Å². The molecule has 0 radical (unpaired) electrons. The van der Waals surface area contributed by atoms with Crippen molar-refractivity contribution in [2.24, 2.45) is 0 Å². The molecule has 16 rings (SSSR count). The molecule has 8 aromatic carbocycles. The SMILES string of the molecule is [C-]#[N+]CCC#Cc1ccc(-c2c(CC)c(C(=O)NN3CCOCC3)nn2-c2ccc(Cl)cc2Cl)cc1.[C-]#[N+]CCC#Cc1ccc(-c2c(CC)c(C(=O)NN3CCS(=O)(=O)CC3)nn2-c2ccc(Cl)cc2Cl)cc1.[C-]#[N+]c1c(C(=O)NN2CCCCC2)nn(-c2ccc(Cl)cc2Cl)c1-c1ccc(I)cc1.[C-]#[N+]c1c(C(=O)NN2CCOCC2)nn(-c2ccc(Cl)cc2Cl)c1-c1ccc(I)cc1. The predicted molar refractivity (Wildman–Crippen MR) is 549 cm³/mol. The molecule has 4 aliphatic rings. The van der Waals surface area contributed by atoms with E-state index in [1.807, 2.05) is 121 Å². The zero-order chi connectivity index (χ0) is 96.7. The number of aromatic nitrogens is 8. The van der Waals surface area contributed by atoms with Crippen molar-refractivity contribution < 1.29 is 37.1 Å². The first-order valence-electron chi connectivity index (χ1n) is 42.7. The number of morpholine rings is 2. The number of amides is 4. The number of sulfone groups is 1. The summed E-state index contributed by atoms with van der Waals surface area (Å²) in [5, 5.41) is 29.1. The van der Waals surface area contributed by atoms with Crippen LogP contribution in [0.5, 0.6) is 0 Å². The van der Waals surface area contributed by atoms with Gasteiger partial charge in [-0.15, -0.1) is 0 Å². The number of hydrazine groups is 4. The maximum Gasteiger partial charge on any atom is 0.286 e. The van der Waals surface area contributed by atoms with Crippen LogP contribution in [0.4, 0.5) is 11.4 Å². The number of piperidine rings is 1. The van der Waals surface area contributed by atoms with E-state index < -0.39 is 27.6 Å². The summed E-state index contributed by atoms with van der Waals surface area (Å²) < 4.78 is 42.8. The Morgan fingerprint density at radius 3 is 0.985 bits per heavy atom. The minimum atomic E-state index is -3.09. The lowest BCUT2D eigenvalue weighted by Crippen LogP contribution is -2.50. The van der Waals surface area contributed by atoms with E-state index >= 15 is 0 Å². The van der Waals surface area contributed by atoms with Crippen LogP contribution in [0, 0.1) is 57.1 Å². The number of halogens is 10. The minimum absolute atomic E-state index is 0.0128. The molecular formula is C97H84Cl8I2N20O8S. The number of hydrogen-bond donors (Lipinski definition) is 4. The van der Waals surface area contributed by atoms with Gasteiger partial charge in [-0.3, -0.25) is 40.9 Å². The highest BCUT2D eigenvalue weighted by Crippen LogP contribution is 2.43. The molecule has 0 spiro atoms. The molecule has 39 heteroatoms. The second-order valence-corrected chi connectivity index (χ2v) is 38.8. The van der Waals surface area contributed by atoms with Gasteiger partial charge in [-0.2, -0.15) is 20.4 Å². The third-order valence-electron chi connectivity index (χ3n) is 21.5. The molecule has 4 aromatic heterocycles. The Balaban J connectivity index is 0.000000154. The summed E-state index contributed by atoms with van der Waals surface area (Å²) in [4.78, 5) is 66.8. The van der Waals surface area contributed by atoms with Gasteiger partial charge in [-0.25, -0.2) is 70.0 Å². The molecule has 8 heterocycles. The highest BCUT2D eigenvalue weighted by Gasteiger charge is 2.34. The lowest BCUT2D eigenvalue weighted by molar-refractivity contribution is 0.0121. The number of benzene rings is 8. The van der Waals surface area contributed by atoms with E-state index in [1.165, 1.54) is 4.68 Å². The van der Waals surface area contributed by atoms with E-state index in [2.05, 4.69) is 125 Å². The van der Waals surface area contributed by atoms with Crippen LogP contribution in [0.25, 0.3) is 87.2 Å². The number of carbonyl (C=O) groups excluding carboxylic acids is 4. The van der Waals surface area contributed by atoms with Gasteiger partial charge < -0.3 is 19.2 Å². The molecule has 696 valence electrons. The molecule has 4 aliphatic heterocycles. The molecule has 4 amide bonds. The molecule has 4 saturated heterocycles. The molecule has 0 saturated carbocycles. The fourth-order valence-corrected chi connectivity index (χ4v) is 18.7. The van der Waals surface area contributed by atoms with E-state index in [4.69, 9.17) is 134 Å². The van der Waals surface area contributed by atoms with Crippen LogP contribution in [0.15, 0.2) is 170 Å². The standard InChI is InChI=1S/C27H25Cl2N5O3S.C27H25Cl2N5O2.C22H18Cl2IN5O.C21H16Cl2IN5O2/c1-3-22-25(27(35)32-33-14-16-38(36,37)17-15-33)31-34(24-12-11-21(28)18-23(24)29)26(22)20-9-7-19(8-10-20)6-4-5-13-30-2;1-3-22-25(27(35)32-33-14-16-36-17-15-33)31-34(24-12-11-21(28)18-23(24)29)26(22)20-9-7-19(8-10-20)6-4-5-13-30-2;1-26-19-20(22(31)28-29-11-3-2-4-12-29)27-30(18-10-7-15(23)13-17(18)24)21(19)14-5-8-16(25)9-6-14;1-25-18-19(21(30)27-28-8-10-31-11-9-28)26-29(17-7-4-14(22)12-16(17)23)20(18)13-2-5-15(24)6-3-13/h7-12,18H,3,5,13-17H2,1H3,(H,32,35);7-12,18H,3,5,13-17H2,1H3,(H,32,35);5-10,13H,2-4,11-12H2,(H,28,31);2-7,12H,8-11H2,(H,27,30). The summed E-state index contributed by atoms with van der Waals surface area (Å²) in [6, 6.07) is 51.0. The van der Waals surface area contributed by atoms with Crippen molar-refractivity contribution in [2.75, 3.05) is 103 Å². The third-order valence-corrected chi connectivity index (χ3v) is 26.7. The van der Waals surface area contributed by atoms with Gasteiger partial charge in [-0.1, -0.05) is 185 Å². The highest BCUT2D eigenvalue weighted by atomic mass is 127. The first-order chi connectivity index (χ1) is 65.7. The molecule has 0 bridgehead atoms. The number of hydrogen-bond acceptors (Lipinski definition) is 16. The Labute approximate surface area is 854 Å². The van der Waals surface area contributed by atoms with Gasteiger partial charge in [0.2, 0.25) is 24.5 Å². The summed E-state index contributed by atoms with van der Waals surface area (Å²) in [6.07, 6.45) is 5.35. The predicted octanol–water partition coefficient (Wildman–Crippen LogP) is 20.6. The van der Waals surface area contributed by atoms with Crippen molar-refractivity contribution in [3.05, 3.63) is 308 Å². The van der Waals surface area contributed by atoms with Crippen molar-refractivity contribution in [3.63, 3.8) is 0 Å². The first kappa shape index (κ1) is 102. The van der Waals surface area contributed by atoms with Crippen LogP contribution in [-0.2, 0) is 32.2 Å². The van der Waals surface area contributed by atoms with Crippen molar-refractivity contribution in [1.82, 2.24) is 80.9 Å². The quantitative estimate of drug-likeness (QED) is 0.0239. The fraction of sp³-hybridized carbons (Fsp3) is 0.258. The number of rotatable bonds is 20. The van der Waals surface area contributed by atoms with Crippen molar-refractivity contribution in [1.29, 1.82) is 0 Å². The van der Waals surface area contributed by atoms with Crippen LogP contribution in [0.1, 0.15) is 110 Å². The summed E-state index contributed by atoms with van der Waals surface area (Å²) in [5.74, 6) is 10.6. The molecule has 4 N–H and O–H groups in total. The Hall–Kier alpha value is -11.0. The summed E-state index contributed by atoms with van der Waals surface area (Å²) in [6.45, 7) is 40.6. The van der Waals surface area contributed by atoms with Gasteiger partial charge in [0.05, 0.1) is 130 Å². The summed E-state index contributed by atoms with van der Waals surface area (Å²) in [5.41, 5.74) is 23.6. The largest absolute Gasteiger partial charge is 0.379 e. The highest BCUT2D eigenvalue weighted by molar-refractivity contribution is 14.1. The van der Waals surface area contributed by atoms with Gasteiger partial charge in [0.25, 0.3) is 23.6 Å². The van der Waals surface area contributed by atoms with Crippen LogP contribution >= 0.6 is 138 Å². The Morgan fingerprint density at radius 1 is 0.390 bits per heavy atom. The van der Waals surface area contributed by atoms with Crippen LogP contribution in [0.3, 0.4) is 0 Å². The number of nitrogens with one attached hydrogen (secondary N) is 4. The molecule has 28 nitrogen and oxygen atoms in total. The van der Waals surface area contributed by atoms with Crippen molar-refractivity contribution in [2.45, 2.75) is 58.8 Å². The number of ether oxygens (including phenoxy) is 2. The summed E-state index contributed by atoms with van der Waals surface area (Å²) >= 11 is 54.8. The second-order valence-electron chi connectivity index (χ2n) is 30.6. The van der Waals surface area contributed by atoms with E-state index in [0.29, 0.717) is 183 Å². The maximum atomic E-state index is 13.4. The van der Waals surface area contributed by atoms with E-state index in [0.717, 1.165) is 84.1 Å². The van der Waals surface area contributed by atoms with E-state index in [9.17, 15) is 27.6 Å². The van der Waals surface area contributed by atoms with Gasteiger partial charge in [-0.05, 0) is 203 Å². The van der Waals surface area contributed by atoms with Crippen molar-refractivity contribution >= 4 is 183 Å².